The normalized spacial score (nSPS) is 21.1. The third kappa shape index (κ3) is 4.08. The van der Waals surface area contributed by atoms with Crippen LogP contribution in [0, 0.1) is 5.92 Å². The lowest BCUT2D eigenvalue weighted by molar-refractivity contribution is -0.126. The van der Waals surface area contributed by atoms with Crippen LogP contribution in [0.1, 0.15) is 25.5 Å². The summed E-state index contributed by atoms with van der Waals surface area (Å²) in [5.41, 5.74) is 1.82. The smallest absolute Gasteiger partial charge is 0.266 e. The maximum Gasteiger partial charge on any atom is 0.266 e. The number of hydrogen-bond acceptors (Lipinski definition) is 7. The molecule has 3 aromatic carbocycles. The second kappa shape index (κ2) is 9.83. The lowest BCUT2D eigenvalue weighted by Gasteiger charge is -2.29. The van der Waals surface area contributed by atoms with E-state index in [1.807, 2.05) is 44.2 Å². The lowest BCUT2D eigenvalue weighted by Crippen LogP contribution is -2.37. The van der Waals surface area contributed by atoms with Gasteiger partial charge in [0.25, 0.3) is 5.91 Å². The SMILES string of the molecule is CCOc1ccc(N2C(=O)[C@@H]3[C@H](ON(c4ccccc4)[C@H]3c3cc(Br)c(O)c(OCC)c3)C2=O)cc1. The molecule has 2 amide bonds. The van der Waals surface area contributed by atoms with Crippen LogP contribution >= 0.6 is 15.9 Å². The van der Waals surface area contributed by atoms with Crippen molar-refractivity contribution in [3.05, 3.63) is 76.8 Å². The van der Waals surface area contributed by atoms with Crippen molar-refractivity contribution in [2.24, 2.45) is 5.92 Å². The number of fused-ring (bicyclic) bond motifs is 1. The second-order valence-electron chi connectivity index (χ2n) is 8.38. The van der Waals surface area contributed by atoms with Gasteiger partial charge in [-0.25, -0.2) is 9.96 Å². The lowest BCUT2D eigenvalue weighted by atomic mass is 9.90. The Morgan fingerprint density at radius 3 is 2.28 bits per heavy atom. The minimum absolute atomic E-state index is 0.0350. The third-order valence-electron chi connectivity index (χ3n) is 6.22. The Kier molecular flexibility index (Phi) is 6.59. The molecule has 0 radical (unpaired) electrons. The number of halogens is 1. The summed E-state index contributed by atoms with van der Waals surface area (Å²) in [5.74, 6) is -0.705. The van der Waals surface area contributed by atoms with Crippen molar-refractivity contribution in [3.8, 4) is 17.2 Å². The van der Waals surface area contributed by atoms with Crippen molar-refractivity contribution in [2.75, 3.05) is 23.2 Å². The first-order valence-electron chi connectivity index (χ1n) is 11.7. The highest BCUT2D eigenvalue weighted by Crippen LogP contribution is 2.49. The average molecular weight is 553 g/mol. The number of phenols is 1. The number of carbonyl (C=O) groups is 2. The molecule has 3 aromatic rings. The molecule has 0 unspecified atom stereocenters. The summed E-state index contributed by atoms with van der Waals surface area (Å²) in [6.45, 7) is 4.57. The van der Waals surface area contributed by atoms with Crippen LogP contribution in [0.15, 0.2) is 71.2 Å². The first kappa shape index (κ1) is 24.1. The average Bonchev–Trinajstić information content (AvgIpc) is 3.39. The molecule has 2 heterocycles. The number of rotatable bonds is 7. The highest BCUT2D eigenvalue weighted by Gasteiger charge is 2.60. The van der Waals surface area contributed by atoms with Crippen molar-refractivity contribution in [1.82, 2.24) is 0 Å². The van der Waals surface area contributed by atoms with Crippen LogP contribution in [0.3, 0.4) is 0 Å². The number of hydroxylamine groups is 1. The van der Waals surface area contributed by atoms with Gasteiger partial charge in [-0.05, 0) is 83.9 Å². The topological polar surface area (TPSA) is 88.5 Å². The van der Waals surface area contributed by atoms with Gasteiger partial charge in [-0.15, -0.1) is 0 Å². The van der Waals surface area contributed by atoms with Crippen LogP contribution < -0.4 is 19.4 Å². The number of benzene rings is 3. The maximum atomic E-state index is 13.8. The van der Waals surface area contributed by atoms with Gasteiger partial charge in [0, 0.05) is 0 Å². The summed E-state index contributed by atoms with van der Waals surface area (Å²) in [6, 6.07) is 18.9. The van der Waals surface area contributed by atoms with Gasteiger partial charge in [-0.1, -0.05) is 18.2 Å². The summed E-state index contributed by atoms with van der Waals surface area (Å²) >= 11 is 3.39. The standard InChI is InChI=1S/C27H25BrN2O6/c1-3-34-19-12-10-17(11-13-19)29-26(32)22-23(16-14-20(28)24(31)21(15-16)35-4-2)30(36-25(22)27(29)33)18-8-6-5-7-9-18/h5-15,22-23,25,31H,3-4H2,1-2H3/t22-,23-,25-/m0/s1. The van der Waals surface area contributed by atoms with E-state index in [2.05, 4.69) is 15.9 Å². The van der Waals surface area contributed by atoms with E-state index in [4.69, 9.17) is 14.3 Å². The monoisotopic (exact) mass is 552 g/mol. The van der Waals surface area contributed by atoms with Crippen molar-refractivity contribution >= 4 is 39.1 Å². The third-order valence-corrected chi connectivity index (χ3v) is 6.83. The van der Waals surface area contributed by atoms with Crippen LogP contribution in [0.5, 0.6) is 17.2 Å². The molecule has 8 nitrogen and oxygen atoms in total. The fraction of sp³-hybridized carbons (Fsp3) is 0.259. The molecule has 2 aliphatic heterocycles. The summed E-state index contributed by atoms with van der Waals surface area (Å²) in [6.07, 6.45) is -1.00. The van der Waals surface area contributed by atoms with Crippen molar-refractivity contribution in [1.29, 1.82) is 0 Å². The summed E-state index contributed by atoms with van der Waals surface area (Å²) in [5, 5.41) is 12.1. The summed E-state index contributed by atoms with van der Waals surface area (Å²) in [4.78, 5) is 34.7. The molecule has 0 saturated carbocycles. The number of para-hydroxylation sites is 1. The minimum atomic E-state index is -1.00. The number of nitrogens with zero attached hydrogens (tertiary/aromatic N) is 2. The van der Waals surface area contributed by atoms with Crippen LogP contribution in [0.25, 0.3) is 0 Å². The number of ether oxygens (including phenoxy) is 2. The van der Waals surface area contributed by atoms with E-state index in [0.29, 0.717) is 40.4 Å². The number of hydrogen-bond donors (Lipinski definition) is 1. The highest BCUT2D eigenvalue weighted by molar-refractivity contribution is 9.10. The Bertz CT molecular complexity index is 1280. The zero-order chi connectivity index (χ0) is 25.4. The molecule has 0 aromatic heterocycles. The first-order valence-corrected chi connectivity index (χ1v) is 12.5. The van der Waals surface area contributed by atoms with Crippen molar-refractivity contribution in [2.45, 2.75) is 26.0 Å². The number of aromatic hydroxyl groups is 1. The Morgan fingerprint density at radius 2 is 1.61 bits per heavy atom. The van der Waals surface area contributed by atoms with E-state index in [1.54, 1.807) is 41.5 Å². The van der Waals surface area contributed by atoms with Crippen LogP contribution in [-0.4, -0.2) is 36.2 Å². The fourth-order valence-electron chi connectivity index (χ4n) is 4.69. The van der Waals surface area contributed by atoms with E-state index in [9.17, 15) is 14.7 Å². The van der Waals surface area contributed by atoms with Gasteiger partial charge in [-0.2, -0.15) is 0 Å². The molecule has 186 valence electrons. The van der Waals surface area contributed by atoms with E-state index >= 15 is 0 Å². The maximum absolute atomic E-state index is 13.8. The Hall–Kier alpha value is -3.56. The zero-order valence-corrected chi connectivity index (χ0v) is 21.3. The van der Waals surface area contributed by atoms with Crippen molar-refractivity contribution in [3.63, 3.8) is 0 Å². The van der Waals surface area contributed by atoms with Gasteiger partial charge in [-0.3, -0.25) is 14.4 Å². The Labute approximate surface area is 217 Å². The predicted octanol–water partition coefficient (Wildman–Crippen LogP) is 5.00. The van der Waals surface area contributed by atoms with Gasteiger partial charge < -0.3 is 14.6 Å². The second-order valence-corrected chi connectivity index (χ2v) is 9.23. The van der Waals surface area contributed by atoms with Gasteiger partial charge in [0.05, 0.1) is 35.1 Å². The number of phenolic OH excluding ortho intramolecular Hbond substituents is 1. The molecule has 0 spiro atoms. The van der Waals surface area contributed by atoms with Gasteiger partial charge >= 0.3 is 0 Å². The molecular weight excluding hydrogens is 528 g/mol. The van der Waals surface area contributed by atoms with Gasteiger partial charge in [0.15, 0.2) is 17.6 Å². The molecule has 2 saturated heterocycles. The molecule has 36 heavy (non-hydrogen) atoms. The first-order chi connectivity index (χ1) is 17.4. The molecule has 2 fully saturated rings. The minimum Gasteiger partial charge on any atom is -0.503 e. The van der Waals surface area contributed by atoms with Crippen LogP contribution in [0.4, 0.5) is 11.4 Å². The fourth-order valence-corrected chi connectivity index (χ4v) is 5.15. The molecule has 0 bridgehead atoms. The van der Waals surface area contributed by atoms with E-state index in [0.717, 1.165) is 0 Å². The summed E-state index contributed by atoms with van der Waals surface area (Å²) in [7, 11) is 0. The number of imide groups is 1. The molecule has 9 heteroatoms. The molecule has 5 rings (SSSR count). The van der Waals surface area contributed by atoms with E-state index < -0.39 is 24.0 Å². The Balaban J connectivity index is 1.57. The highest BCUT2D eigenvalue weighted by atomic mass is 79.9. The molecule has 2 aliphatic rings. The summed E-state index contributed by atoms with van der Waals surface area (Å²) < 4.78 is 11.5. The van der Waals surface area contributed by atoms with Gasteiger partial charge in [0.2, 0.25) is 5.91 Å². The largest absolute Gasteiger partial charge is 0.503 e. The zero-order valence-electron chi connectivity index (χ0n) is 19.8. The number of anilines is 2. The van der Waals surface area contributed by atoms with Crippen LogP contribution in [-0.2, 0) is 14.4 Å². The molecule has 3 atom stereocenters. The van der Waals surface area contributed by atoms with E-state index in [-0.39, 0.29) is 17.4 Å². The quantitative estimate of drug-likeness (QED) is 0.412. The van der Waals surface area contributed by atoms with E-state index in [1.165, 1.54) is 4.90 Å². The molecule has 1 N–H and O–H groups in total. The number of amides is 2. The molecular formula is C27H25BrN2O6. The van der Waals surface area contributed by atoms with Crippen molar-refractivity contribution < 1.29 is 29.0 Å². The van der Waals surface area contributed by atoms with Gasteiger partial charge in [0.1, 0.15) is 11.7 Å². The van der Waals surface area contributed by atoms with Crippen LogP contribution in [0.2, 0.25) is 0 Å². The Morgan fingerprint density at radius 1 is 0.917 bits per heavy atom. The predicted molar refractivity (Wildman–Crippen MR) is 137 cm³/mol. The molecule has 0 aliphatic carbocycles. The number of carbonyl (C=O) groups excluding carboxylic acids is 2.